The van der Waals surface area contributed by atoms with Gasteiger partial charge in [-0.15, -0.1) is 0 Å². The van der Waals surface area contributed by atoms with Crippen LogP contribution in [0.2, 0.25) is 0 Å². The number of hydrazine groups is 1. The predicted molar refractivity (Wildman–Crippen MR) is 114 cm³/mol. The Morgan fingerprint density at radius 2 is 2.10 bits per heavy atom. The number of carboxylic acids is 1. The summed E-state index contributed by atoms with van der Waals surface area (Å²) in [6.45, 7) is 1.85. The van der Waals surface area contributed by atoms with Crippen LogP contribution < -0.4 is 15.6 Å². The highest BCUT2D eigenvalue weighted by Crippen LogP contribution is 2.23. The van der Waals surface area contributed by atoms with Crippen LogP contribution in [0.4, 0.5) is 0 Å². The number of carboxylic acid groups (broad SMARTS) is 1. The van der Waals surface area contributed by atoms with Gasteiger partial charge in [-0.05, 0) is 55.5 Å². The van der Waals surface area contributed by atoms with Gasteiger partial charge in [0.15, 0.2) is 0 Å². The summed E-state index contributed by atoms with van der Waals surface area (Å²) in [5.41, 5.74) is 8.70. The third-order valence-corrected chi connectivity index (χ3v) is 5.83. The second-order valence-corrected chi connectivity index (χ2v) is 8.07. The molecule has 2 unspecified atom stereocenters. The van der Waals surface area contributed by atoms with Crippen LogP contribution in [0.25, 0.3) is 0 Å². The number of hydrogen-bond acceptors (Lipinski definition) is 6. The highest BCUT2D eigenvalue weighted by Gasteiger charge is 2.29. The summed E-state index contributed by atoms with van der Waals surface area (Å²) < 4.78 is 5.86. The Hall–Kier alpha value is -2.97. The van der Waals surface area contributed by atoms with Crippen molar-refractivity contribution in [1.82, 2.24) is 20.7 Å². The number of hydrogen-bond donors (Lipinski definition) is 3. The van der Waals surface area contributed by atoms with Crippen molar-refractivity contribution >= 4 is 11.9 Å². The van der Waals surface area contributed by atoms with Gasteiger partial charge in [-0.3, -0.25) is 20.0 Å². The number of nitrogens with zero attached hydrogens (tertiary/aromatic N) is 2. The first-order valence-electron chi connectivity index (χ1n) is 10.8. The zero-order valence-electron chi connectivity index (χ0n) is 17.4. The van der Waals surface area contributed by atoms with Crippen LogP contribution in [-0.2, 0) is 11.4 Å². The predicted octanol–water partition coefficient (Wildman–Crippen LogP) is 2.67. The van der Waals surface area contributed by atoms with Crippen LogP contribution >= 0.6 is 0 Å². The lowest BCUT2D eigenvalue weighted by Gasteiger charge is -2.35. The lowest BCUT2D eigenvalue weighted by atomic mass is 9.98. The first-order valence-corrected chi connectivity index (χ1v) is 10.8. The maximum Gasteiger partial charge on any atom is 0.305 e. The molecule has 2 fully saturated rings. The number of piperidine rings is 1. The van der Waals surface area contributed by atoms with Gasteiger partial charge in [0, 0.05) is 24.7 Å². The standard InChI is InChI=1S/C23H28N4O4/c28-22(29)13-18-6-1-2-11-27(18)23(30)17-5-3-4-16(12-17)15-31-19-7-8-20(24-14-19)21-9-10-25-26-21/h3-5,7-8,12,14,18,21,25-26H,1-2,6,9-11,13,15H2,(H,28,29). The van der Waals surface area contributed by atoms with Gasteiger partial charge in [0.2, 0.25) is 0 Å². The monoisotopic (exact) mass is 424 g/mol. The van der Waals surface area contributed by atoms with Gasteiger partial charge in [-0.1, -0.05) is 12.1 Å². The van der Waals surface area contributed by atoms with Crippen molar-refractivity contribution in [2.24, 2.45) is 0 Å². The smallest absolute Gasteiger partial charge is 0.305 e. The van der Waals surface area contributed by atoms with E-state index in [2.05, 4.69) is 15.8 Å². The molecule has 0 bridgehead atoms. The summed E-state index contributed by atoms with van der Waals surface area (Å²) in [7, 11) is 0. The van der Waals surface area contributed by atoms with Crippen molar-refractivity contribution in [2.45, 2.75) is 50.8 Å². The highest BCUT2D eigenvalue weighted by molar-refractivity contribution is 5.95. The van der Waals surface area contributed by atoms with Crippen LogP contribution in [0.5, 0.6) is 5.75 Å². The van der Waals surface area contributed by atoms with E-state index in [-0.39, 0.29) is 24.4 Å². The number of carbonyl (C=O) groups excluding carboxylic acids is 1. The first-order chi connectivity index (χ1) is 15.1. The molecule has 1 aromatic carbocycles. The van der Waals surface area contributed by atoms with Crippen LogP contribution in [0.3, 0.4) is 0 Å². The zero-order valence-corrected chi connectivity index (χ0v) is 17.4. The number of amides is 1. The second-order valence-electron chi connectivity index (χ2n) is 8.07. The average Bonchev–Trinajstić information content (AvgIpc) is 3.33. The first kappa shape index (κ1) is 21.3. The highest BCUT2D eigenvalue weighted by atomic mass is 16.5. The molecule has 2 aliphatic rings. The van der Waals surface area contributed by atoms with Gasteiger partial charge < -0.3 is 14.7 Å². The number of likely N-dealkylation sites (tertiary alicyclic amines) is 1. The Kier molecular flexibility index (Phi) is 6.79. The molecule has 0 spiro atoms. The van der Waals surface area contributed by atoms with E-state index in [1.165, 1.54) is 0 Å². The fraction of sp³-hybridized carbons (Fsp3) is 0.435. The number of pyridine rings is 1. The molecule has 2 aromatic rings. The Bertz CT molecular complexity index is 912. The Labute approximate surface area is 181 Å². The Morgan fingerprint density at radius 1 is 1.19 bits per heavy atom. The number of rotatable bonds is 7. The summed E-state index contributed by atoms with van der Waals surface area (Å²) in [6.07, 6.45) is 5.29. The van der Waals surface area contributed by atoms with Gasteiger partial charge in [-0.2, -0.15) is 0 Å². The van der Waals surface area contributed by atoms with Crippen molar-refractivity contribution < 1.29 is 19.4 Å². The van der Waals surface area contributed by atoms with Gasteiger partial charge in [0.05, 0.1) is 24.4 Å². The molecule has 1 amide bonds. The molecule has 8 nitrogen and oxygen atoms in total. The molecule has 3 N–H and O–H groups in total. The molecular weight excluding hydrogens is 396 g/mol. The topological polar surface area (TPSA) is 104 Å². The lowest BCUT2D eigenvalue weighted by Crippen LogP contribution is -2.44. The van der Waals surface area contributed by atoms with Crippen molar-refractivity contribution in [3.8, 4) is 5.75 Å². The van der Waals surface area contributed by atoms with Crippen molar-refractivity contribution in [3.05, 3.63) is 59.4 Å². The summed E-state index contributed by atoms with van der Waals surface area (Å²) in [5, 5.41) is 9.17. The van der Waals surface area contributed by atoms with Crippen LogP contribution in [0.1, 0.15) is 59.8 Å². The van der Waals surface area contributed by atoms with Crippen molar-refractivity contribution in [2.75, 3.05) is 13.1 Å². The van der Waals surface area contributed by atoms with Gasteiger partial charge in [-0.25, -0.2) is 5.43 Å². The molecule has 2 atom stereocenters. The normalized spacial score (nSPS) is 21.1. The maximum atomic E-state index is 13.1. The van der Waals surface area contributed by atoms with E-state index in [0.29, 0.717) is 24.5 Å². The van der Waals surface area contributed by atoms with Crippen LogP contribution in [-0.4, -0.2) is 46.0 Å². The Morgan fingerprint density at radius 3 is 2.84 bits per heavy atom. The molecule has 8 heteroatoms. The number of nitrogens with one attached hydrogen (secondary N) is 2. The quantitative estimate of drug-likeness (QED) is 0.628. The van der Waals surface area contributed by atoms with E-state index in [4.69, 9.17) is 4.74 Å². The lowest BCUT2D eigenvalue weighted by molar-refractivity contribution is -0.138. The molecule has 164 valence electrons. The molecule has 0 saturated carbocycles. The number of aromatic nitrogens is 1. The fourth-order valence-electron chi connectivity index (χ4n) is 4.20. The second kappa shape index (κ2) is 9.89. The minimum absolute atomic E-state index is 0.00994. The Balaban J connectivity index is 1.38. The van der Waals surface area contributed by atoms with E-state index in [9.17, 15) is 14.7 Å². The maximum absolute atomic E-state index is 13.1. The summed E-state index contributed by atoms with van der Waals surface area (Å²) >= 11 is 0. The molecule has 1 aromatic heterocycles. The molecule has 3 heterocycles. The zero-order chi connectivity index (χ0) is 21.6. The minimum Gasteiger partial charge on any atom is -0.487 e. The molecular formula is C23H28N4O4. The fourth-order valence-corrected chi connectivity index (χ4v) is 4.20. The average molecular weight is 425 g/mol. The summed E-state index contributed by atoms with van der Waals surface area (Å²) in [6, 6.07) is 11.2. The number of ether oxygens (including phenoxy) is 1. The van der Waals surface area contributed by atoms with Crippen LogP contribution in [0, 0.1) is 0 Å². The molecule has 0 aliphatic carbocycles. The molecule has 2 saturated heterocycles. The largest absolute Gasteiger partial charge is 0.487 e. The SMILES string of the molecule is O=C(O)CC1CCCCN1C(=O)c1cccc(COc2ccc(C3CCNN3)nc2)c1. The van der Waals surface area contributed by atoms with Gasteiger partial charge >= 0.3 is 5.97 Å². The third-order valence-electron chi connectivity index (χ3n) is 5.83. The number of carbonyl (C=O) groups is 2. The minimum atomic E-state index is -0.869. The van der Waals surface area contributed by atoms with E-state index in [1.54, 1.807) is 17.2 Å². The summed E-state index contributed by atoms with van der Waals surface area (Å²) in [5.74, 6) is -0.313. The third kappa shape index (κ3) is 5.39. The summed E-state index contributed by atoms with van der Waals surface area (Å²) in [4.78, 5) is 30.4. The van der Waals surface area contributed by atoms with Crippen LogP contribution in [0.15, 0.2) is 42.6 Å². The van der Waals surface area contributed by atoms with Crippen molar-refractivity contribution in [3.63, 3.8) is 0 Å². The van der Waals surface area contributed by atoms with E-state index in [0.717, 1.165) is 43.5 Å². The number of benzene rings is 1. The van der Waals surface area contributed by atoms with E-state index < -0.39 is 5.97 Å². The van der Waals surface area contributed by atoms with Gasteiger partial charge in [0.1, 0.15) is 12.4 Å². The van der Waals surface area contributed by atoms with E-state index in [1.807, 2.05) is 30.3 Å². The molecule has 0 radical (unpaired) electrons. The molecule has 31 heavy (non-hydrogen) atoms. The van der Waals surface area contributed by atoms with Gasteiger partial charge in [0.25, 0.3) is 5.91 Å². The molecule has 2 aliphatic heterocycles. The molecule has 4 rings (SSSR count). The number of aliphatic carboxylic acids is 1. The van der Waals surface area contributed by atoms with Crippen molar-refractivity contribution in [1.29, 1.82) is 0 Å². The van der Waals surface area contributed by atoms with E-state index >= 15 is 0 Å².